The van der Waals surface area contributed by atoms with Crippen molar-refractivity contribution in [1.82, 2.24) is 14.7 Å². The second-order valence-electron chi connectivity index (χ2n) is 5.19. The highest BCUT2D eigenvalue weighted by molar-refractivity contribution is 5.88. The number of hydrogen-bond donors (Lipinski definition) is 2. The molecule has 0 aliphatic carbocycles. The van der Waals surface area contributed by atoms with Crippen molar-refractivity contribution in [2.75, 3.05) is 19.7 Å². The number of piperidine rings is 1. The van der Waals surface area contributed by atoms with Crippen LogP contribution in [-0.2, 0) is 13.6 Å². The van der Waals surface area contributed by atoms with E-state index in [4.69, 9.17) is 10.2 Å². The van der Waals surface area contributed by atoms with Crippen LogP contribution in [0.1, 0.15) is 35.3 Å². The molecule has 2 heterocycles. The number of carboxylic acids is 1. The lowest BCUT2D eigenvalue weighted by Gasteiger charge is -2.32. The maximum absolute atomic E-state index is 11.1. The third-order valence-corrected chi connectivity index (χ3v) is 3.81. The van der Waals surface area contributed by atoms with Crippen LogP contribution in [-0.4, -0.2) is 50.6 Å². The largest absolute Gasteiger partial charge is 0.478 e. The Morgan fingerprint density at radius 2 is 2.37 bits per heavy atom. The Balaban J connectivity index is 2.04. The average molecular weight is 267 g/mol. The summed E-state index contributed by atoms with van der Waals surface area (Å²) in [6.07, 6.45) is 4.49. The van der Waals surface area contributed by atoms with Crippen LogP contribution in [0.3, 0.4) is 0 Å². The fourth-order valence-corrected chi connectivity index (χ4v) is 2.75. The van der Waals surface area contributed by atoms with Crippen molar-refractivity contribution < 1.29 is 15.0 Å². The van der Waals surface area contributed by atoms with E-state index in [2.05, 4.69) is 10.00 Å². The van der Waals surface area contributed by atoms with Crippen molar-refractivity contribution >= 4 is 5.97 Å². The van der Waals surface area contributed by atoms with Crippen LogP contribution in [0.25, 0.3) is 0 Å². The lowest BCUT2D eigenvalue weighted by Crippen LogP contribution is -2.36. The van der Waals surface area contributed by atoms with Crippen molar-refractivity contribution in [3.8, 4) is 0 Å². The molecule has 0 radical (unpaired) electrons. The molecule has 1 aliphatic heterocycles. The van der Waals surface area contributed by atoms with Crippen molar-refractivity contribution in [3.05, 3.63) is 17.5 Å². The molecule has 0 bridgehead atoms. The Kier molecular flexibility index (Phi) is 4.55. The van der Waals surface area contributed by atoms with Crippen molar-refractivity contribution in [3.63, 3.8) is 0 Å². The Morgan fingerprint density at radius 1 is 1.58 bits per heavy atom. The first-order valence-electron chi connectivity index (χ1n) is 6.69. The normalized spacial score (nSPS) is 20.6. The first-order valence-corrected chi connectivity index (χ1v) is 6.69. The molecule has 1 atom stereocenters. The van der Waals surface area contributed by atoms with Crippen LogP contribution >= 0.6 is 0 Å². The van der Waals surface area contributed by atoms with E-state index in [1.807, 2.05) is 0 Å². The molecule has 106 valence electrons. The quantitative estimate of drug-likeness (QED) is 0.821. The zero-order valence-electron chi connectivity index (χ0n) is 11.2. The first kappa shape index (κ1) is 14.0. The lowest BCUT2D eigenvalue weighted by molar-refractivity contribution is 0.0693. The molecule has 19 heavy (non-hydrogen) atoms. The number of rotatable bonds is 5. The van der Waals surface area contributed by atoms with E-state index >= 15 is 0 Å². The van der Waals surface area contributed by atoms with Gasteiger partial charge in [0.25, 0.3) is 0 Å². The van der Waals surface area contributed by atoms with E-state index in [0.717, 1.165) is 38.0 Å². The van der Waals surface area contributed by atoms with E-state index in [1.54, 1.807) is 11.7 Å². The molecule has 1 unspecified atom stereocenters. The Hall–Kier alpha value is -1.40. The van der Waals surface area contributed by atoms with Gasteiger partial charge in [-0.05, 0) is 31.7 Å². The number of aromatic nitrogens is 2. The van der Waals surface area contributed by atoms with Gasteiger partial charge in [0.15, 0.2) is 0 Å². The molecule has 1 aromatic heterocycles. The molecule has 1 fully saturated rings. The summed E-state index contributed by atoms with van der Waals surface area (Å²) >= 11 is 0. The zero-order valence-corrected chi connectivity index (χ0v) is 11.2. The molecule has 1 saturated heterocycles. The minimum atomic E-state index is -0.924. The minimum Gasteiger partial charge on any atom is -0.478 e. The van der Waals surface area contributed by atoms with Crippen molar-refractivity contribution in [1.29, 1.82) is 0 Å². The number of carboxylic acid groups (broad SMARTS) is 1. The first-order chi connectivity index (χ1) is 9.11. The van der Waals surface area contributed by atoms with Crippen LogP contribution in [0.2, 0.25) is 0 Å². The monoisotopic (exact) mass is 267 g/mol. The molecular weight excluding hydrogens is 246 g/mol. The predicted octanol–water partition coefficient (Wildman–Crippen LogP) is 0.713. The predicted molar refractivity (Wildman–Crippen MR) is 69.9 cm³/mol. The second kappa shape index (κ2) is 6.16. The van der Waals surface area contributed by atoms with Gasteiger partial charge in [0, 0.05) is 26.7 Å². The molecule has 1 aliphatic rings. The highest BCUT2D eigenvalue weighted by Crippen LogP contribution is 2.21. The van der Waals surface area contributed by atoms with Gasteiger partial charge in [-0.1, -0.05) is 0 Å². The maximum Gasteiger partial charge on any atom is 0.339 e. The second-order valence-corrected chi connectivity index (χ2v) is 5.19. The molecule has 6 nitrogen and oxygen atoms in total. The smallest absolute Gasteiger partial charge is 0.339 e. The van der Waals surface area contributed by atoms with Crippen LogP contribution < -0.4 is 0 Å². The van der Waals surface area contributed by atoms with Gasteiger partial charge in [0.2, 0.25) is 0 Å². The van der Waals surface area contributed by atoms with Gasteiger partial charge in [0.05, 0.1) is 11.9 Å². The fourth-order valence-electron chi connectivity index (χ4n) is 2.75. The third-order valence-electron chi connectivity index (χ3n) is 3.81. The SMILES string of the molecule is Cn1ncc(C(=O)O)c1CN1CCCC(CCO)C1. The molecule has 0 aromatic carbocycles. The molecular formula is C13H21N3O3. The number of likely N-dealkylation sites (tertiary alicyclic amines) is 1. The summed E-state index contributed by atoms with van der Waals surface area (Å²) in [6.45, 7) is 2.74. The summed E-state index contributed by atoms with van der Waals surface area (Å²) in [5.74, 6) is -0.410. The summed E-state index contributed by atoms with van der Waals surface area (Å²) in [6, 6.07) is 0. The molecule has 0 saturated carbocycles. The van der Waals surface area contributed by atoms with Gasteiger partial charge in [-0.15, -0.1) is 0 Å². The number of hydrogen-bond acceptors (Lipinski definition) is 4. The van der Waals surface area contributed by atoms with Crippen LogP contribution in [0.5, 0.6) is 0 Å². The standard InChI is InChI=1S/C13H21N3O3/c1-15-12(11(7-14-15)13(18)19)9-16-5-2-3-10(8-16)4-6-17/h7,10,17H,2-6,8-9H2,1H3,(H,18,19). The van der Waals surface area contributed by atoms with E-state index in [-0.39, 0.29) is 12.2 Å². The van der Waals surface area contributed by atoms with Crippen LogP contribution in [0.15, 0.2) is 6.20 Å². The Morgan fingerprint density at radius 3 is 3.05 bits per heavy atom. The highest BCUT2D eigenvalue weighted by atomic mass is 16.4. The molecule has 2 rings (SSSR count). The van der Waals surface area contributed by atoms with E-state index in [9.17, 15) is 4.79 Å². The van der Waals surface area contributed by atoms with Crippen LogP contribution in [0.4, 0.5) is 0 Å². The average Bonchev–Trinajstić information content (AvgIpc) is 2.72. The molecule has 6 heteroatoms. The maximum atomic E-state index is 11.1. The van der Waals surface area contributed by atoms with Gasteiger partial charge in [-0.3, -0.25) is 9.58 Å². The topological polar surface area (TPSA) is 78.6 Å². The number of aryl methyl sites for hydroxylation is 1. The van der Waals surface area contributed by atoms with Gasteiger partial charge < -0.3 is 10.2 Å². The molecule has 0 amide bonds. The van der Waals surface area contributed by atoms with E-state index in [1.165, 1.54) is 6.20 Å². The van der Waals surface area contributed by atoms with Gasteiger partial charge in [-0.2, -0.15) is 5.10 Å². The van der Waals surface area contributed by atoms with Gasteiger partial charge in [-0.25, -0.2) is 4.79 Å². The Bertz CT molecular complexity index is 442. The van der Waals surface area contributed by atoms with Gasteiger partial charge in [0.1, 0.15) is 5.56 Å². The summed E-state index contributed by atoms with van der Waals surface area (Å²) < 4.78 is 1.64. The number of aliphatic hydroxyl groups excluding tert-OH is 1. The lowest BCUT2D eigenvalue weighted by atomic mass is 9.95. The summed E-state index contributed by atoms with van der Waals surface area (Å²) in [7, 11) is 1.77. The molecule has 0 spiro atoms. The summed E-state index contributed by atoms with van der Waals surface area (Å²) in [5, 5.41) is 22.2. The minimum absolute atomic E-state index is 0.227. The molecule has 2 N–H and O–H groups in total. The number of carbonyl (C=O) groups is 1. The van der Waals surface area contributed by atoms with Crippen molar-refractivity contribution in [2.24, 2.45) is 13.0 Å². The van der Waals surface area contributed by atoms with E-state index < -0.39 is 5.97 Å². The zero-order chi connectivity index (χ0) is 13.8. The third kappa shape index (κ3) is 3.33. The highest BCUT2D eigenvalue weighted by Gasteiger charge is 2.23. The summed E-state index contributed by atoms with van der Waals surface area (Å²) in [5.41, 5.74) is 1.03. The summed E-state index contributed by atoms with van der Waals surface area (Å²) in [4.78, 5) is 13.4. The fraction of sp³-hybridized carbons (Fsp3) is 0.692. The number of aliphatic hydroxyl groups is 1. The van der Waals surface area contributed by atoms with Gasteiger partial charge >= 0.3 is 5.97 Å². The van der Waals surface area contributed by atoms with Crippen molar-refractivity contribution in [2.45, 2.75) is 25.8 Å². The van der Waals surface area contributed by atoms with Crippen LogP contribution in [0, 0.1) is 5.92 Å². The Labute approximate surface area is 112 Å². The van der Waals surface area contributed by atoms with E-state index in [0.29, 0.717) is 12.5 Å². The number of nitrogens with zero attached hydrogens (tertiary/aromatic N) is 3. The molecule has 1 aromatic rings. The number of aromatic carboxylic acids is 1.